The molecule has 0 bridgehead atoms. The third kappa shape index (κ3) is 4.48. The number of methoxy groups -OCH3 is 1. The Balaban J connectivity index is 1.40. The first-order valence-electron chi connectivity index (χ1n) is 10.4. The quantitative estimate of drug-likeness (QED) is 0.796. The second kappa shape index (κ2) is 9.00. The maximum Gasteiger partial charge on any atom is 0.118 e. The molecule has 29 heavy (non-hydrogen) atoms. The molecule has 0 amide bonds. The Hall–Kier alpha value is -2.32. The van der Waals surface area contributed by atoms with E-state index in [0.717, 1.165) is 36.9 Å². The minimum Gasteiger partial charge on any atom is -0.497 e. The Labute approximate surface area is 174 Å². The number of hydrogen-bond donors (Lipinski definition) is 1. The van der Waals surface area contributed by atoms with Crippen LogP contribution in [0.5, 0.6) is 5.75 Å². The first-order valence-corrected chi connectivity index (χ1v) is 10.4. The molecule has 0 radical (unpaired) electrons. The Kier molecular flexibility index (Phi) is 6.20. The molecule has 152 valence electrons. The molecule has 0 aliphatic carbocycles. The van der Waals surface area contributed by atoms with E-state index in [1.165, 1.54) is 17.7 Å². The number of ether oxygens (including phenoxy) is 1. The summed E-state index contributed by atoms with van der Waals surface area (Å²) in [6.45, 7) is 4.59. The van der Waals surface area contributed by atoms with Gasteiger partial charge in [-0.2, -0.15) is 0 Å². The van der Waals surface area contributed by atoms with Gasteiger partial charge in [0.2, 0.25) is 0 Å². The fraction of sp³-hybridized carbons (Fsp3) is 0.440. The van der Waals surface area contributed by atoms with Gasteiger partial charge in [-0.3, -0.25) is 9.80 Å². The number of rotatable bonds is 5. The van der Waals surface area contributed by atoms with Crippen LogP contribution >= 0.6 is 0 Å². The molecule has 2 fully saturated rings. The molecule has 0 spiro atoms. The minimum absolute atomic E-state index is 0.120. The molecular weight excluding hydrogens is 360 g/mol. The number of aliphatic hydroxyl groups excluding tert-OH is 1. The topological polar surface area (TPSA) is 35.9 Å². The lowest BCUT2D eigenvalue weighted by atomic mass is 9.89. The standard InChI is InChI=1S/C25H30N2O2/c1-26-16-22-17-27(15-20-8-6-19(7-9-20)5-3-4-14-28)18-24(22)25(26)21-10-12-23(29-2)13-11-21/h6-13,22,24-25,28H,4,14-18H2,1-2H3/t22-,24+,25-/m0/s1. The number of benzene rings is 2. The maximum absolute atomic E-state index is 8.83. The van der Waals surface area contributed by atoms with E-state index in [9.17, 15) is 0 Å². The van der Waals surface area contributed by atoms with E-state index in [1.54, 1.807) is 7.11 Å². The Morgan fingerprint density at radius 3 is 2.48 bits per heavy atom. The van der Waals surface area contributed by atoms with Crippen molar-refractivity contribution in [1.29, 1.82) is 0 Å². The predicted octanol–water partition coefficient (Wildman–Crippen LogP) is 3.16. The highest BCUT2D eigenvalue weighted by molar-refractivity contribution is 5.36. The van der Waals surface area contributed by atoms with Crippen LogP contribution in [-0.4, -0.2) is 55.3 Å². The molecule has 2 aromatic carbocycles. The van der Waals surface area contributed by atoms with E-state index in [1.807, 2.05) is 0 Å². The summed E-state index contributed by atoms with van der Waals surface area (Å²) in [6.07, 6.45) is 0.530. The highest BCUT2D eigenvalue weighted by Gasteiger charge is 2.45. The van der Waals surface area contributed by atoms with Crippen molar-refractivity contribution in [3.05, 3.63) is 65.2 Å². The minimum atomic E-state index is 0.120. The van der Waals surface area contributed by atoms with Crippen LogP contribution < -0.4 is 4.74 Å². The average molecular weight is 391 g/mol. The first-order chi connectivity index (χ1) is 14.2. The van der Waals surface area contributed by atoms with Gasteiger partial charge >= 0.3 is 0 Å². The number of aliphatic hydroxyl groups is 1. The fourth-order valence-electron chi connectivity index (χ4n) is 4.95. The van der Waals surface area contributed by atoms with Crippen molar-refractivity contribution in [3.8, 4) is 17.6 Å². The lowest BCUT2D eigenvalue weighted by molar-refractivity contribution is 0.224. The molecular formula is C25H30N2O2. The number of nitrogens with zero attached hydrogens (tertiary/aromatic N) is 2. The molecule has 0 unspecified atom stereocenters. The Bertz CT molecular complexity index is 866. The van der Waals surface area contributed by atoms with Gasteiger partial charge in [0.15, 0.2) is 0 Å². The van der Waals surface area contributed by atoms with E-state index < -0.39 is 0 Å². The molecule has 3 atom stereocenters. The van der Waals surface area contributed by atoms with Crippen LogP contribution in [0.3, 0.4) is 0 Å². The van der Waals surface area contributed by atoms with E-state index in [-0.39, 0.29) is 6.61 Å². The second-order valence-corrected chi connectivity index (χ2v) is 8.25. The van der Waals surface area contributed by atoms with Crippen molar-refractivity contribution in [2.24, 2.45) is 11.8 Å². The Morgan fingerprint density at radius 2 is 1.79 bits per heavy atom. The van der Waals surface area contributed by atoms with Crippen LogP contribution in [-0.2, 0) is 6.54 Å². The molecule has 2 aliphatic rings. The van der Waals surface area contributed by atoms with Crippen molar-refractivity contribution >= 4 is 0 Å². The van der Waals surface area contributed by atoms with Crippen LogP contribution in [0.2, 0.25) is 0 Å². The largest absolute Gasteiger partial charge is 0.497 e. The van der Waals surface area contributed by atoms with Gasteiger partial charge in [0, 0.05) is 44.2 Å². The molecule has 4 nitrogen and oxygen atoms in total. The maximum atomic E-state index is 8.83. The summed E-state index contributed by atoms with van der Waals surface area (Å²) in [5.41, 5.74) is 3.75. The van der Waals surface area contributed by atoms with Crippen molar-refractivity contribution in [2.45, 2.75) is 19.0 Å². The van der Waals surface area contributed by atoms with Gasteiger partial charge in [-0.15, -0.1) is 0 Å². The van der Waals surface area contributed by atoms with Crippen LogP contribution in [0.1, 0.15) is 29.2 Å². The molecule has 0 aromatic heterocycles. The van der Waals surface area contributed by atoms with Crippen molar-refractivity contribution in [1.82, 2.24) is 9.80 Å². The average Bonchev–Trinajstić information content (AvgIpc) is 3.25. The molecule has 2 aromatic rings. The van der Waals surface area contributed by atoms with Crippen LogP contribution in [0.4, 0.5) is 0 Å². The number of hydrogen-bond acceptors (Lipinski definition) is 4. The van der Waals surface area contributed by atoms with Gasteiger partial charge in [-0.05, 0) is 54.3 Å². The molecule has 2 heterocycles. The van der Waals surface area contributed by atoms with E-state index in [4.69, 9.17) is 9.84 Å². The molecule has 0 saturated carbocycles. The zero-order valence-corrected chi connectivity index (χ0v) is 17.3. The highest BCUT2D eigenvalue weighted by Crippen LogP contribution is 2.44. The van der Waals surface area contributed by atoms with Crippen molar-refractivity contribution in [2.75, 3.05) is 40.4 Å². The van der Waals surface area contributed by atoms with E-state index >= 15 is 0 Å². The zero-order chi connectivity index (χ0) is 20.2. The van der Waals surface area contributed by atoms with Gasteiger partial charge in [0.1, 0.15) is 5.75 Å². The lowest BCUT2D eigenvalue weighted by Gasteiger charge is -2.27. The molecule has 4 heteroatoms. The summed E-state index contributed by atoms with van der Waals surface area (Å²) >= 11 is 0. The summed E-state index contributed by atoms with van der Waals surface area (Å²) in [7, 11) is 3.98. The summed E-state index contributed by atoms with van der Waals surface area (Å²) in [5, 5.41) is 8.83. The number of likely N-dealkylation sites (tertiary alicyclic amines) is 2. The first kappa shape index (κ1) is 20.0. The van der Waals surface area contributed by atoms with Crippen LogP contribution in [0.15, 0.2) is 48.5 Å². The van der Waals surface area contributed by atoms with Crippen molar-refractivity contribution < 1.29 is 9.84 Å². The SMILES string of the molecule is COc1ccc([C@H]2[C@@H]3CN(Cc4ccc(C#CCCO)cc4)C[C@@H]3CN2C)cc1. The molecule has 4 rings (SSSR count). The zero-order valence-electron chi connectivity index (χ0n) is 17.3. The Morgan fingerprint density at radius 1 is 1.03 bits per heavy atom. The van der Waals surface area contributed by atoms with Gasteiger partial charge in [-0.1, -0.05) is 36.1 Å². The third-order valence-electron chi connectivity index (χ3n) is 6.26. The van der Waals surface area contributed by atoms with E-state index in [2.05, 4.69) is 77.2 Å². The molecule has 2 aliphatic heterocycles. The normalized spacial score (nSPS) is 24.2. The van der Waals surface area contributed by atoms with E-state index in [0.29, 0.717) is 18.4 Å². The third-order valence-corrected chi connectivity index (χ3v) is 6.26. The fourth-order valence-corrected chi connectivity index (χ4v) is 4.95. The summed E-state index contributed by atoms with van der Waals surface area (Å²) in [6, 6.07) is 17.6. The molecule has 2 saturated heterocycles. The number of fused-ring (bicyclic) bond motifs is 1. The predicted molar refractivity (Wildman–Crippen MR) is 116 cm³/mol. The van der Waals surface area contributed by atoms with Crippen LogP contribution in [0, 0.1) is 23.7 Å². The second-order valence-electron chi connectivity index (χ2n) is 8.25. The highest BCUT2D eigenvalue weighted by atomic mass is 16.5. The van der Waals surface area contributed by atoms with Gasteiger partial charge in [0.05, 0.1) is 13.7 Å². The smallest absolute Gasteiger partial charge is 0.118 e. The lowest BCUT2D eigenvalue weighted by Crippen LogP contribution is -2.28. The van der Waals surface area contributed by atoms with Crippen LogP contribution in [0.25, 0.3) is 0 Å². The van der Waals surface area contributed by atoms with Crippen molar-refractivity contribution in [3.63, 3.8) is 0 Å². The monoisotopic (exact) mass is 390 g/mol. The van der Waals surface area contributed by atoms with Gasteiger partial charge in [0.25, 0.3) is 0 Å². The summed E-state index contributed by atoms with van der Waals surface area (Å²) < 4.78 is 5.32. The molecule has 1 N–H and O–H groups in total. The summed E-state index contributed by atoms with van der Waals surface area (Å²) in [5.74, 6) is 8.41. The van der Waals surface area contributed by atoms with Gasteiger partial charge < -0.3 is 9.84 Å². The summed E-state index contributed by atoms with van der Waals surface area (Å²) in [4.78, 5) is 5.12. The van der Waals surface area contributed by atoms with Gasteiger partial charge in [-0.25, -0.2) is 0 Å².